The van der Waals surface area contributed by atoms with Gasteiger partial charge < -0.3 is 5.32 Å². The Labute approximate surface area is 135 Å². The van der Waals surface area contributed by atoms with Crippen molar-refractivity contribution in [2.75, 3.05) is 5.32 Å². The Balaban J connectivity index is 1.76. The molecule has 0 spiro atoms. The highest BCUT2D eigenvalue weighted by Gasteiger charge is 2.18. The summed E-state index contributed by atoms with van der Waals surface area (Å²) in [5, 5.41) is 7.01. The molecule has 3 rings (SSSR count). The lowest BCUT2D eigenvalue weighted by molar-refractivity contribution is -0.117. The number of amides is 1. The van der Waals surface area contributed by atoms with E-state index in [0.717, 1.165) is 20.5 Å². The van der Waals surface area contributed by atoms with Crippen molar-refractivity contribution in [2.24, 2.45) is 0 Å². The molecule has 23 heavy (non-hydrogen) atoms. The molecule has 0 aliphatic rings. The number of nitrogens with zero attached hydrogens (tertiary/aromatic N) is 3. The summed E-state index contributed by atoms with van der Waals surface area (Å²) < 4.78 is 27.8. The molecule has 0 saturated carbocycles. The lowest BCUT2D eigenvalue weighted by atomic mass is 10.2. The summed E-state index contributed by atoms with van der Waals surface area (Å²) >= 11 is 1.35. The summed E-state index contributed by atoms with van der Waals surface area (Å²) in [5.41, 5.74) is 2.08. The number of halogens is 2. The van der Waals surface area contributed by atoms with E-state index in [2.05, 4.69) is 15.4 Å². The fraction of sp³-hybridized carbons (Fsp3) is 0.267. The van der Waals surface area contributed by atoms with Gasteiger partial charge in [0.15, 0.2) is 5.13 Å². The van der Waals surface area contributed by atoms with E-state index < -0.39 is 12.3 Å². The van der Waals surface area contributed by atoms with Gasteiger partial charge in [0.2, 0.25) is 5.91 Å². The number of alkyl halides is 2. The minimum absolute atomic E-state index is 0.266. The Kier molecular flexibility index (Phi) is 4.08. The van der Waals surface area contributed by atoms with Gasteiger partial charge in [0, 0.05) is 0 Å². The van der Waals surface area contributed by atoms with Crippen molar-refractivity contribution in [3.05, 3.63) is 41.2 Å². The van der Waals surface area contributed by atoms with Crippen molar-refractivity contribution in [1.29, 1.82) is 0 Å². The van der Waals surface area contributed by atoms with E-state index in [-0.39, 0.29) is 12.2 Å². The number of fused-ring (bicyclic) bond motifs is 1. The van der Waals surface area contributed by atoms with Crippen molar-refractivity contribution in [3.63, 3.8) is 0 Å². The Morgan fingerprint density at radius 3 is 2.87 bits per heavy atom. The quantitative estimate of drug-likeness (QED) is 0.790. The van der Waals surface area contributed by atoms with Crippen LogP contribution in [0.2, 0.25) is 0 Å². The molecule has 8 heteroatoms. The molecule has 0 fully saturated rings. The normalized spacial score (nSPS) is 11.3. The molecule has 1 N–H and O–H groups in total. The summed E-state index contributed by atoms with van der Waals surface area (Å²) in [6.45, 7) is 3.31. The molecule has 0 unspecified atom stereocenters. The van der Waals surface area contributed by atoms with Crippen molar-refractivity contribution in [3.8, 4) is 0 Å². The zero-order valence-electron chi connectivity index (χ0n) is 12.5. The fourth-order valence-corrected chi connectivity index (χ4v) is 3.23. The Morgan fingerprint density at radius 2 is 2.13 bits per heavy atom. The maximum absolute atomic E-state index is 12.9. The van der Waals surface area contributed by atoms with Gasteiger partial charge in [0.25, 0.3) is 6.43 Å². The van der Waals surface area contributed by atoms with Gasteiger partial charge >= 0.3 is 0 Å². The van der Waals surface area contributed by atoms with E-state index in [1.807, 2.05) is 25.1 Å². The van der Waals surface area contributed by atoms with Gasteiger partial charge in [-0.25, -0.2) is 13.8 Å². The average Bonchev–Trinajstić information content (AvgIpc) is 3.01. The number of hydrogen-bond donors (Lipinski definition) is 1. The molecule has 0 radical (unpaired) electrons. The molecule has 120 valence electrons. The predicted octanol–water partition coefficient (Wildman–Crippen LogP) is 3.69. The topological polar surface area (TPSA) is 59.8 Å². The lowest BCUT2D eigenvalue weighted by Crippen LogP contribution is -2.21. The van der Waals surface area contributed by atoms with E-state index in [1.54, 1.807) is 6.92 Å². The minimum atomic E-state index is -2.67. The first kappa shape index (κ1) is 15.5. The van der Waals surface area contributed by atoms with Crippen molar-refractivity contribution in [1.82, 2.24) is 14.8 Å². The molecule has 5 nitrogen and oxygen atoms in total. The fourth-order valence-electron chi connectivity index (χ4n) is 2.25. The second kappa shape index (κ2) is 6.04. The number of hydrogen-bond acceptors (Lipinski definition) is 4. The number of benzene rings is 1. The summed E-state index contributed by atoms with van der Waals surface area (Å²) in [6, 6.07) is 7.07. The zero-order chi connectivity index (χ0) is 16.6. The Hall–Kier alpha value is -2.35. The van der Waals surface area contributed by atoms with Gasteiger partial charge in [0.05, 0.1) is 15.9 Å². The molecule has 0 saturated heterocycles. The second-order valence-electron chi connectivity index (χ2n) is 5.21. The minimum Gasteiger partial charge on any atom is -0.300 e. The largest absolute Gasteiger partial charge is 0.300 e. The lowest BCUT2D eigenvalue weighted by Gasteiger charge is -2.06. The second-order valence-corrected chi connectivity index (χ2v) is 6.24. The number of aromatic nitrogens is 3. The first-order valence-electron chi connectivity index (χ1n) is 6.92. The van der Waals surface area contributed by atoms with Gasteiger partial charge in [-0.15, -0.1) is 0 Å². The van der Waals surface area contributed by atoms with Crippen LogP contribution in [-0.2, 0) is 11.3 Å². The number of carbonyl (C=O) groups excluding carboxylic acids is 1. The standard InChI is InChI=1S/C15H14F2N4OS/c1-8-3-4-10-12(5-8)23-15(18-10)19-13(22)7-21-11(14(16)17)6-9(2)20-21/h3-6,14H,7H2,1-2H3,(H,18,19,22). The predicted molar refractivity (Wildman–Crippen MR) is 84.9 cm³/mol. The SMILES string of the molecule is Cc1ccc2nc(NC(=O)Cn3nc(C)cc3C(F)F)sc2c1. The first-order valence-corrected chi connectivity index (χ1v) is 7.73. The summed E-state index contributed by atoms with van der Waals surface area (Å²) in [4.78, 5) is 16.4. The van der Waals surface area contributed by atoms with Crippen LogP contribution in [-0.4, -0.2) is 20.7 Å². The average molecular weight is 336 g/mol. The molecular formula is C15H14F2N4OS. The number of carbonyl (C=O) groups is 1. The third-order valence-electron chi connectivity index (χ3n) is 3.24. The van der Waals surface area contributed by atoms with Crippen molar-refractivity contribution >= 4 is 32.6 Å². The van der Waals surface area contributed by atoms with E-state index in [1.165, 1.54) is 17.4 Å². The van der Waals surface area contributed by atoms with Gasteiger partial charge in [-0.2, -0.15) is 5.10 Å². The number of rotatable bonds is 4. The van der Waals surface area contributed by atoms with Crippen LogP contribution in [0.1, 0.15) is 23.4 Å². The molecule has 3 aromatic rings. The van der Waals surface area contributed by atoms with Crippen molar-refractivity contribution in [2.45, 2.75) is 26.8 Å². The molecule has 2 heterocycles. The van der Waals surface area contributed by atoms with Gasteiger partial charge in [-0.1, -0.05) is 17.4 Å². The molecule has 0 aliphatic heterocycles. The highest BCUT2D eigenvalue weighted by molar-refractivity contribution is 7.22. The summed E-state index contributed by atoms with van der Waals surface area (Å²) in [7, 11) is 0. The van der Waals surface area contributed by atoms with E-state index >= 15 is 0 Å². The van der Waals surface area contributed by atoms with Gasteiger partial charge in [-0.05, 0) is 37.6 Å². The highest BCUT2D eigenvalue weighted by atomic mass is 32.1. The first-order chi connectivity index (χ1) is 10.9. The zero-order valence-corrected chi connectivity index (χ0v) is 13.3. The maximum atomic E-state index is 12.9. The number of aryl methyl sites for hydroxylation is 2. The monoisotopic (exact) mass is 336 g/mol. The van der Waals surface area contributed by atoms with Gasteiger partial charge in [0.1, 0.15) is 12.2 Å². The van der Waals surface area contributed by atoms with Crippen LogP contribution in [0.15, 0.2) is 24.3 Å². The van der Waals surface area contributed by atoms with Crippen molar-refractivity contribution < 1.29 is 13.6 Å². The smallest absolute Gasteiger partial charge is 0.280 e. The van der Waals surface area contributed by atoms with Crippen LogP contribution >= 0.6 is 11.3 Å². The van der Waals surface area contributed by atoms with Crippen LogP contribution in [0.5, 0.6) is 0 Å². The van der Waals surface area contributed by atoms with Gasteiger partial charge in [-0.3, -0.25) is 9.48 Å². The van der Waals surface area contributed by atoms with Crippen LogP contribution in [0.3, 0.4) is 0 Å². The van der Waals surface area contributed by atoms with E-state index in [4.69, 9.17) is 0 Å². The van der Waals surface area contributed by atoms with Crippen LogP contribution in [0, 0.1) is 13.8 Å². The summed E-state index contributed by atoms with van der Waals surface area (Å²) in [5.74, 6) is -0.439. The third kappa shape index (κ3) is 3.37. The maximum Gasteiger partial charge on any atom is 0.280 e. The number of nitrogens with one attached hydrogen (secondary N) is 1. The molecule has 1 amide bonds. The number of anilines is 1. The van der Waals surface area contributed by atoms with E-state index in [0.29, 0.717) is 10.8 Å². The summed E-state index contributed by atoms with van der Waals surface area (Å²) in [6.07, 6.45) is -2.67. The van der Waals surface area contributed by atoms with Crippen LogP contribution in [0.4, 0.5) is 13.9 Å². The molecular weight excluding hydrogens is 322 g/mol. The third-order valence-corrected chi connectivity index (χ3v) is 4.17. The highest BCUT2D eigenvalue weighted by Crippen LogP contribution is 2.26. The molecule has 1 aromatic carbocycles. The Bertz CT molecular complexity index is 872. The molecule has 0 aliphatic carbocycles. The van der Waals surface area contributed by atoms with Crippen LogP contribution in [0.25, 0.3) is 10.2 Å². The molecule has 0 atom stereocenters. The van der Waals surface area contributed by atoms with E-state index in [9.17, 15) is 13.6 Å². The molecule has 2 aromatic heterocycles. The van der Waals surface area contributed by atoms with Crippen LogP contribution < -0.4 is 5.32 Å². The number of thiazole rings is 1. The molecule has 0 bridgehead atoms. The Morgan fingerprint density at radius 1 is 1.35 bits per heavy atom.